The highest BCUT2D eigenvalue weighted by Crippen LogP contribution is 2.29. The third kappa shape index (κ3) is 1.20. The molecule has 0 fully saturated rings. The predicted octanol–water partition coefficient (Wildman–Crippen LogP) is 2.89. The SMILES string of the molecule is CCc1ccc2occ3cnnc-3c2c1. The van der Waals surface area contributed by atoms with Gasteiger partial charge < -0.3 is 4.42 Å². The van der Waals surface area contributed by atoms with Crippen molar-refractivity contribution in [2.75, 3.05) is 0 Å². The molecule has 1 aromatic carbocycles. The zero-order valence-corrected chi connectivity index (χ0v) is 8.40. The summed E-state index contributed by atoms with van der Waals surface area (Å²) in [5, 5.41) is 9.05. The van der Waals surface area contributed by atoms with Crippen LogP contribution in [-0.4, -0.2) is 10.2 Å². The van der Waals surface area contributed by atoms with Crippen molar-refractivity contribution >= 4 is 11.0 Å². The number of rotatable bonds is 1. The summed E-state index contributed by atoms with van der Waals surface area (Å²) >= 11 is 0. The van der Waals surface area contributed by atoms with E-state index in [1.165, 1.54) is 5.56 Å². The van der Waals surface area contributed by atoms with Crippen LogP contribution >= 0.6 is 0 Å². The average molecular weight is 198 g/mol. The molecule has 3 nitrogen and oxygen atoms in total. The van der Waals surface area contributed by atoms with Crippen molar-refractivity contribution < 1.29 is 4.42 Å². The molecule has 74 valence electrons. The molecule has 2 aliphatic rings. The van der Waals surface area contributed by atoms with Crippen LogP contribution in [0.2, 0.25) is 0 Å². The van der Waals surface area contributed by atoms with Crippen LogP contribution in [0.15, 0.2) is 35.1 Å². The lowest BCUT2D eigenvalue weighted by Crippen LogP contribution is -1.85. The Balaban J connectivity index is 2.42. The number of aromatic nitrogens is 2. The lowest BCUT2D eigenvalue weighted by molar-refractivity contribution is 0.605. The number of hydrogen-bond donors (Lipinski definition) is 0. The first-order valence-corrected chi connectivity index (χ1v) is 5.00. The summed E-state index contributed by atoms with van der Waals surface area (Å²) < 4.78 is 5.50. The quantitative estimate of drug-likeness (QED) is 0.603. The second kappa shape index (κ2) is 3.05. The van der Waals surface area contributed by atoms with E-state index in [0.717, 1.165) is 28.6 Å². The fourth-order valence-electron chi connectivity index (χ4n) is 1.78. The Morgan fingerprint density at radius 2 is 2.27 bits per heavy atom. The second-order valence-electron chi connectivity index (χ2n) is 3.57. The first kappa shape index (κ1) is 8.41. The van der Waals surface area contributed by atoms with Gasteiger partial charge in [0.05, 0.1) is 11.8 Å². The molecule has 2 heterocycles. The van der Waals surface area contributed by atoms with E-state index < -0.39 is 0 Å². The van der Waals surface area contributed by atoms with E-state index >= 15 is 0 Å². The summed E-state index contributed by atoms with van der Waals surface area (Å²) in [7, 11) is 0. The van der Waals surface area contributed by atoms with Gasteiger partial charge in [0.25, 0.3) is 0 Å². The van der Waals surface area contributed by atoms with Gasteiger partial charge in [0, 0.05) is 5.39 Å². The smallest absolute Gasteiger partial charge is 0.136 e. The minimum Gasteiger partial charge on any atom is -0.464 e. The summed E-state index contributed by atoms with van der Waals surface area (Å²) in [6.07, 6.45) is 4.43. The van der Waals surface area contributed by atoms with Crippen LogP contribution in [0, 0.1) is 0 Å². The van der Waals surface area contributed by atoms with Gasteiger partial charge in [0.15, 0.2) is 0 Å². The minimum absolute atomic E-state index is 0.861. The van der Waals surface area contributed by atoms with Crippen LogP contribution in [-0.2, 0) is 6.42 Å². The minimum atomic E-state index is 0.861. The van der Waals surface area contributed by atoms with Crippen molar-refractivity contribution in [3.63, 3.8) is 0 Å². The Bertz CT molecular complexity index is 585. The molecule has 0 saturated heterocycles. The summed E-state index contributed by atoms with van der Waals surface area (Å²) in [5.41, 5.74) is 4.02. The Hall–Kier alpha value is -1.90. The van der Waals surface area contributed by atoms with Crippen molar-refractivity contribution in [2.45, 2.75) is 13.3 Å². The molecule has 0 aliphatic carbocycles. The monoisotopic (exact) mass is 198 g/mol. The first-order chi connectivity index (χ1) is 7.38. The van der Waals surface area contributed by atoms with Crippen LogP contribution < -0.4 is 0 Å². The van der Waals surface area contributed by atoms with Gasteiger partial charge in [0.1, 0.15) is 17.5 Å². The van der Waals surface area contributed by atoms with Gasteiger partial charge in [-0.25, -0.2) is 0 Å². The lowest BCUT2D eigenvalue weighted by atomic mass is 10.1. The maximum absolute atomic E-state index is 5.50. The fraction of sp³-hybridized carbons (Fsp3) is 0.167. The number of hydrogen-bond acceptors (Lipinski definition) is 3. The molecule has 3 rings (SSSR count). The van der Waals surface area contributed by atoms with Gasteiger partial charge >= 0.3 is 0 Å². The molecule has 15 heavy (non-hydrogen) atoms. The van der Waals surface area contributed by atoms with Gasteiger partial charge in [-0.3, -0.25) is 0 Å². The summed E-state index contributed by atoms with van der Waals surface area (Å²) in [4.78, 5) is 0. The molecule has 0 spiro atoms. The molecule has 3 heteroatoms. The molecule has 0 saturated carbocycles. The van der Waals surface area contributed by atoms with Gasteiger partial charge in [0.2, 0.25) is 0 Å². The Kier molecular flexibility index (Phi) is 1.71. The Labute approximate surface area is 87.1 Å². The zero-order valence-electron chi connectivity index (χ0n) is 8.40. The summed E-state index contributed by atoms with van der Waals surface area (Å²) in [6.45, 7) is 2.13. The van der Waals surface area contributed by atoms with E-state index in [1.807, 2.05) is 6.07 Å². The number of aryl methyl sites for hydroxylation is 1. The fourth-order valence-corrected chi connectivity index (χ4v) is 1.78. The van der Waals surface area contributed by atoms with E-state index in [4.69, 9.17) is 4.42 Å². The highest BCUT2D eigenvalue weighted by atomic mass is 16.3. The predicted molar refractivity (Wildman–Crippen MR) is 57.8 cm³/mol. The number of benzene rings is 1. The zero-order chi connectivity index (χ0) is 10.3. The van der Waals surface area contributed by atoms with E-state index in [0.29, 0.717) is 0 Å². The molecule has 0 amide bonds. The topological polar surface area (TPSA) is 38.9 Å². The first-order valence-electron chi connectivity index (χ1n) is 5.00. The highest BCUT2D eigenvalue weighted by Gasteiger charge is 2.11. The van der Waals surface area contributed by atoms with Crippen LogP contribution in [0.5, 0.6) is 0 Å². The molecule has 0 unspecified atom stereocenters. The van der Waals surface area contributed by atoms with Crippen LogP contribution in [0.4, 0.5) is 0 Å². The Morgan fingerprint density at radius 3 is 3.13 bits per heavy atom. The molecular formula is C12H10N2O. The van der Waals surface area contributed by atoms with E-state index in [9.17, 15) is 0 Å². The summed E-state index contributed by atoms with van der Waals surface area (Å²) in [6, 6.07) is 6.19. The average Bonchev–Trinajstić information content (AvgIpc) is 2.76. The van der Waals surface area contributed by atoms with E-state index in [1.54, 1.807) is 12.5 Å². The third-order valence-electron chi connectivity index (χ3n) is 2.65. The van der Waals surface area contributed by atoms with Gasteiger partial charge in [-0.05, 0) is 24.1 Å². The standard InChI is InChI=1S/C12H10N2O/c1-2-8-3-4-11-10(5-8)12-9(7-15-11)6-13-14-12/h3-7H,2H2,1H3. The largest absolute Gasteiger partial charge is 0.464 e. The highest BCUT2D eigenvalue weighted by molar-refractivity contribution is 5.91. The van der Waals surface area contributed by atoms with Crippen molar-refractivity contribution in [2.24, 2.45) is 0 Å². The van der Waals surface area contributed by atoms with Crippen molar-refractivity contribution in [1.29, 1.82) is 0 Å². The van der Waals surface area contributed by atoms with Gasteiger partial charge in [-0.15, -0.1) is 5.10 Å². The maximum Gasteiger partial charge on any atom is 0.136 e. The molecule has 0 atom stereocenters. The van der Waals surface area contributed by atoms with Crippen molar-refractivity contribution in [1.82, 2.24) is 10.2 Å². The molecule has 0 bridgehead atoms. The van der Waals surface area contributed by atoms with E-state index in [2.05, 4.69) is 29.3 Å². The van der Waals surface area contributed by atoms with Crippen LogP contribution in [0.25, 0.3) is 22.2 Å². The van der Waals surface area contributed by atoms with Crippen LogP contribution in [0.1, 0.15) is 12.5 Å². The molecule has 2 aliphatic heterocycles. The molecule has 1 aromatic rings. The third-order valence-corrected chi connectivity index (χ3v) is 2.65. The number of fused-ring (bicyclic) bond motifs is 3. The molecule has 0 aromatic heterocycles. The molecular weight excluding hydrogens is 188 g/mol. The van der Waals surface area contributed by atoms with Gasteiger partial charge in [-0.1, -0.05) is 13.0 Å². The maximum atomic E-state index is 5.50. The van der Waals surface area contributed by atoms with E-state index in [-0.39, 0.29) is 0 Å². The number of nitrogens with zero attached hydrogens (tertiary/aromatic N) is 2. The Morgan fingerprint density at radius 1 is 1.33 bits per heavy atom. The molecule has 0 N–H and O–H groups in total. The second-order valence-corrected chi connectivity index (χ2v) is 3.57. The normalized spacial score (nSPS) is 11.3. The molecule has 0 radical (unpaired) electrons. The van der Waals surface area contributed by atoms with Gasteiger partial charge in [-0.2, -0.15) is 5.10 Å². The lowest BCUT2D eigenvalue weighted by Gasteiger charge is -2.03. The van der Waals surface area contributed by atoms with Crippen molar-refractivity contribution in [3.8, 4) is 11.3 Å². The van der Waals surface area contributed by atoms with Crippen LogP contribution in [0.3, 0.4) is 0 Å². The summed E-state index contributed by atoms with van der Waals surface area (Å²) in [5.74, 6) is 0. The van der Waals surface area contributed by atoms with Crippen molar-refractivity contribution in [3.05, 3.63) is 36.2 Å².